The molecule has 0 amide bonds. The second-order valence-electron chi connectivity index (χ2n) is 6.69. The molecule has 1 saturated heterocycles. The minimum Gasteiger partial charge on any atom is -0.493 e. The summed E-state index contributed by atoms with van der Waals surface area (Å²) in [6.45, 7) is 5.02. The minimum atomic E-state index is -1.73. The van der Waals surface area contributed by atoms with Gasteiger partial charge in [0.1, 0.15) is 12.8 Å². The molecule has 2 aliphatic heterocycles. The van der Waals surface area contributed by atoms with Gasteiger partial charge in [0.25, 0.3) is 0 Å². The van der Waals surface area contributed by atoms with E-state index in [1.165, 1.54) is 20.6 Å². The van der Waals surface area contributed by atoms with Crippen LogP contribution in [-0.2, 0) is 20.0 Å². The maximum Gasteiger partial charge on any atom is 0.313 e. The van der Waals surface area contributed by atoms with Gasteiger partial charge in [-0.05, 0) is 13.0 Å². The Hall–Kier alpha value is -2.69. The predicted molar refractivity (Wildman–Crippen MR) is 107 cm³/mol. The Morgan fingerprint density at radius 3 is 2.48 bits per heavy atom. The molecule has 1 atom stereocenters. The number of ketones is 1. The fourth-order valence-corrected chi connectivity index (χ4v) is 3.43. The Labute approximate surface area is 169 Å². The van der Waals surface area contributed by atoms with Gasteiger partial charge in [-0.15, -0.1) is 0 Å². The first kappa shape index (κ1) is 21.0. The lowest BCUT2D eigenvalue weighted by molar-refractivity contribution is -0.146. The maximum atomic E-state index is 13.0. The lowest BCUT2D eigenvalue weighted by Gasteiger charge is -2.42. The van der Waals surface area contributed by atoms with Crippen LogP contribution in [0.25, 0.3) is 0 Å². The third-order valence-electron chi connectivity index (χ3n) is 4.96. The normalized spacial score (nSPS) is 21.4. The molecule has 3 rings (SSSR count). The monoisotopic (exact) mass is 405 g/mol. The SMILES string of the molecule is CCOC(=O)CC(=O)C1(N)N=CN(N2CCNCC2)c2cc(OC)c(OC)cc21. The van der Waals surface area contributed by atoms with E-state index >= 15 is 0 Å². The highest BCUT2D eigenvalue weighted by molar-refractivity contribution is 6.04. The number of piperazine rings is 1. The summed E-state index contributed by atoms with van der Waals surface area (Å²) in [6, 6.07) is 3.41. The van der Waals surface area contributed by atoms with Crippen molar-refractivity contribution >= 4 is 23.8 Å². The lowest BCUT2D eigenvalue weighted by Crippen LogP contribution is -2.56. The van der Waals surface area contributed by atoms with E-state index in [0.717, 1.165) is 26.2 Å². The summed E-state index contributed by atoms with van der Waals surface area (Å²) >= 11 is 0. The molecule has 10 heteroatoms. The van der Waals surface area contributed by atoms with Crippen molar-refractivity contribution in [1.82, 2.24) is 10.3 Å². The van der Waals surface area contributed by atoms with Crippen molar-refractivity contribution in [3.8, 4) is 11.5 Å². The van der Waals surface area contributed by atoms with Crippen LogP contribution in [0.3, 0.4) is 0 Å². The van der Waals surface area contributed by atoms with E-state index in [1.54, 1.807) is 19.1 Å². The second kappa shape index (κ2) is 8.76. The molecule has 3 N–H and O–H groups in total. The number of carbonyl (C=O) groups excluding carboxylic acids is 2. The van der Waals surface area contributed by atoms with Gasteiger partial charge in [-0.25, -0.2) is 10.0 Å². The van der Waals surface area contributed by atoms with Gasteiger partial charge in [0.2, 0.25) is 0 Å². The molecule has 2 aliphatic rings. The molecule has 1 fully saturated rings. The smallest absolute Gasteiger partial charge is 0.313 e. The quantitative estimate of drug-likeness (QED) is 0.477. The predicted octanol–water partition coefficient (Wildman–Crippen LogP) is 0.00610. The van der Waals surface area contributed by atoms with Crippen molar-refractivity contribution in [2.45, 2.75) is 19.0 Å². The number of ether oxygens (including phenoxy) is 3. The first-order chi connectivity index (χ1) is 13.9. The third-order valence-corrected chi connectivity index (χ3v) is 4.96. The van der Waals surface area contributed by atoms with Crippen molar-refractivity contribution < 1.29 is 23.8 Å². The van der Waals surface area contributed by atoms with Gasteiger partial charge in [-0.1, -0.05) is 0 Å². The molecular formula is C19H27N5O5. The van der Waals surface area contributed by atoms with Gasteiger partial charge in [0.05, 0.1) is 26.5 Å². The molecule has 10 nitrogen and oxygen atoms in total. The molecule has 0 bridgehead atoms. The van der Waals surface area contributed by atoms with Crippen LogP contribution in [0.5, 0.6) is 11.5 Å². The van der Waals surface area contributed by atoms with Gasteiger partial charge in [0.15, 0.2) is 22.9 Å². The first-order valence-corrected chi connectivity index (χ1v) is 9.49. The summed E-state index contributed by atoms with van der Waals surface area (Å²) < 4.78 is 15.7. The van der Waals surface area contributed by atoms with Crippen LogP contribution in [0.1, 0.15) is 18.9 Å². The number of aliphatic imine (C=N–C) groups is 1. The van der Waals surface area contributed by atoms with E-state index in [2.05, 4.69) is 15.3 Å². The Morgan fingerprint density at radius 2 is 1.86 bits per heavy atom. The number of hydrazine groups is 1. The van der Waals surface area contributed by atoms with Gasteiger partial charge in [0, 0.05) is 37.8 Å². The van der Waals surface area contributed by atoms with Crippen LogP contribution in [0, 0.1) is 0 Å². The number of hydrogen-bond acceptors (Lipinski definition) is 10. The number of Topliss-reactive ketones (excluding diaryl/α,β-unsaturated/α-hetero) is 1. The average molecular weight is 405 g/mol. The molecule has 0 radical (unpaired) electrons. The topological polar surface area (TPSA) is 119 Å². The lowest BCUT2D eigenvalue weighted by atomic mass is 9.91. The van der Waals surface area contributed by atoms with Gasteiger partial charge < -0.3 is 19.5 Å². The molecule has 2 heterocycles. The zero-order valence-electron chi connectivity index (χ0n) is 16.9. The summed E-state index contributed by atoms with van der Waals surface area (Å²) in [6.07, 6.45) is 1.06. The molecule has 29 heavy (non-hydrogen) atoms. The number of rotatable bonds is 7. The zero-order valence-corrected chi connectivity index (χ0v) is 16.9. The average Bonchev–Trinajstić information content (AvgIpc) is 2.73. The summed E-state index contributed by atoms with van der Waals surface area (Å²) in [4.78, 5) is 29.2. The highest BCUT2D eigenvalue weighted by atomic mass is 16.5. The van der Waals surface area contributed by atoms with E-state index in [1.807, 2.05) is 5.01 Å². The number of anilines is 1. The number of nitrogens with zero attached hydrogens (tertiary/aromatic N) is 3. The molecule has 0 aliphatic carbocycles. The fourth-order valence-electron chi connectivity index (χ4n) is 3.43. The third kappa shape index (κ3) is 4.04. The van der Waals surface area contributed by atoms with Gasteiger partial charge >= 0.3 is 5.97 Å². The van der Waals surface area contributed by atoms with Crippen LogP contribution in [0.4, 0.5) is 5.69 Å². The fraction of sp³-hybridized carbons (Fsp3) is 0.526. The Bertz CT molecular complexity index is 808. The van der Waals surface area contributed by atoms with E-state index < -0.39 is 23.8 Å². The number of nitrogens with one attached hydrogen (secondary N) is 1. The maximum absolute atomic E-state index is 13.0. The molecule has 158 valence electrons. The highest BCUT2D eigenvalue weighted by Crippen LogP contribution is 2.42. The molecule has 0 spiro atoms. The van der Waals surface area contributed by atoms with Gasteiger partial charge in [-0.3, -0.25) is 20.3 Å². The number of nitrogens with two attached hydrogens (primary N) is 1. The van der Waals surface area contributed by atoms with Gasteiger partial charge in [-0.2, -0.15) is 0 Å². The zero-order chi connectivity index (χ0) is 21.0. The number of esters is 1. The van der Waals surface area contributed by atoms with Crippen LogP contribution >= 0.6 is 0 Å². The first-order valence-electron chi connectivity index (χ1n) is 9.49. The molecule has 0 aromatic heterocycles. The molecular weight excluding hydrogens is 378 g/mol. The molecule has 1 unspecified atom stereocenters. The van der Waals surface area contributed by atoms with Crippen LogP contribution in [-0.4, -0.2) is 70.1 Å². The number of methoxy groups -OCH3 is 2. The van der Waals surface area contributed by atoms with Crippen molar-refractivity contribution in [2.75, 3.05) is 52.0 Å². The Morgan fingerprint density at radius 1 is 1.21 bits per heavy atom. The van der Waals surface area contributed by atoms with Crippen molar-refractivity contribution in [2.24, 2.45) is 10.7 Å². The number of benzene rings is 1. The largest absolute Gasteiger partial charge is 0.493 e. The molecule has 1 aromatic rings. The second-order valence-corrected chi connectivity index (χ2v) is 6.69. The molecule has 0 saturated carbocycles. The van der Waals surface area contributed by atoms with Crippen LogP contribution in [0.2, 0.25) is 0 Å². The summed E-state index contributed by atoms with van der Waals surface area (Å²) in [5, 5.41) is 7.26. The van der Waals surface area contributed by atoms with Crippen LogP contribution in [0.15, 0.2) is 17.1 Å². The number of carbonyl (C=O) groups is 2. The Kier molecular flexibility index (Phi) is 6.36. The standard InChI is InChI=1S/C19H27N5O5/c1-4-29-18(26)11-17(25)19(20)13-9-15(27-2)16(28-3)10-14(13)24(12-22-19)23-7-5-21-6-8-23/h9-10,12,21H,4-8,11,20H2,1-3H3. The van der Waals surface area contributed by atoms with Crippen molar-refractivity contribution in [3.05, 3.63) is 17.7 Å². The van der Waals surface area contributed by atoms with E-state index in [0.29, 0.717) is 22.7 Å². The molecule has 1 aromatic carbocycles. The summed E-state index contributed by atoms with van der Waals surface area (Å²) in [5.74, 6) is -0.269. The van der Waals surface area contributed by atoms with Crippen molar-refractivity contribution in [3.63, 3.8) is 0 Å². The van der Waals surface area contributed by atoms with E-state index in [9.17, 15) is 9.59 Å². The number of hydrogen-bond donors (Lipinski definition) is 2. The summed E-state index contributed by atoms with van der Waals surface area (Å²) in [5.41, 5.74) is 5.81. The summed E-state index contributed by atoms with van der Waals surface area (Å²) in [7, 11) is 3.04. The minimum absolute atomic E-state index is 0.186. The van der Waals surface area contributed by atoms with Crippen LogP contribution < -0.4 is 25.5 Å². The van der Waals surface area contributed by atoms with E-state index in [-0.39, 0.29) is 6.61 Å². The van der Waals surface area contributed by atoms with E-state index in [4.69, 9.17) is 19.9 Å². The number of fused-ring (bicyclic) bond motifs is 1. The highest BCUT2D eigenvalue weighted by Gasteiger charge is 2.43. The Balaban J connectivity index is 2.05. The van der Waals surface area contributed by atoms with Crippen molar-refractivity contribution in [1.29, 1.82) is 0 Å².